The third kappa shape index (κ3) is 4.86. The summed E-state index contributed by atoms with van der Waals surface area (Å²) in [5, 5.41) is 11.6. The second-order valence-corrected chi connectivity index (χ2v) is 6.83. The quantitative estimate of drug-likeness (QED) is 0.627. The first kappa shape index (κ1) is 18.0. The molecule has 0 aliphatic rings. The Hall–Kier alpha value is -2.80. The van der Waals surface area contributed by atoms with Gasteiger partial charge in [0.1, 0.15) is 17.8 Å². The highest BCUT2D eigenvalue weighted by Crippen LogP contribution is 2.23. The molecule has 3 aromatic rings. The van der Waals surface area contributed by atoms with Gasteiger partial charge in [0.05, 0.1) is 5.75 Å². The smallest absolute Gasteiger partial charge is 0.234 e. The minimum atomic E-state index is -0.0926. The SMILES string of the molecule is CC(C)n1cnnc1SCC(=O)Nc1ccc(Oc2ccccc2)cc1. The molecule has 0 saturated carbocycles. The van der Waals surface area contributed by atoms with Crippen LogP contribution in [-0.4, -0.2) is 26.4 Å². The van der Waals surface area contributed by atoms with E-state index in [4.69, 9.17) is 4.74 Å². The topological polar surface area (TPSA) is 69.0 Å². The molecule has 2 aromatic carbocycles. The predicted molar refractivity (Wildman–Crippen MR) is 103 cm³/mol. The van der Waals surface area contributed by atoms with Gasteiger partial charge in [0.25, 0.3) is 0 Å². The number of ether oxygens (including phenoxy) is 1. The van der Waals surface area contributed by atoms with Crippen LogP contribution >= 0.6 is 11.8 Å². The van der Waals surface area contributed by atoms with E-state index in [1.165, 1.54) is 11.8 Å². The first-order chi connectivity index (χ1) is 12.6. The number of anilines is 1. The van der Waals surface area contributed by atoms with Gasteiger partial charge in [0.15, 0.2) is 5.16 Å². The lowest BCUT2D eigenvalue weighted by atomic mass is 10.3. The van der Waals surface area contributed by atoms with Gasteiger partial charge in [-0.2, -0.15) is 0 Å². The van der Waals surface area contributed by atoms with Crippen LogP contribution in [0.15, 0.2) is 66.1 Å². The first-order valence-electron chi connectivity index (χ1n) is 8.27. The number of hydrogen-bond acceptors (Lipinski definition) is 5. The van der Waals surface area contributed by atoms with Crippen LogP contribution in [0.2, 0.25) is 0 Å². The van der Waals surface area contributed by atoms with Crippen molar-refractivity contribution in [1.82, 2.24) is 14.8 Å². The molecule has 0 saturated heterocycles. The maximum atomic E-state index is 12.1. The Bertz CT molecular complexity index is 847. The number of thioether (sulfide) groups is 1. The van der Waals surface area contributed by atoms with Gasteiger partial charge in [-0.1, -0.05) is 30.0 Å². The summed E-state index contributed by atoms with van der Waals surface area (Å²) in [5.74, 6) is 1.67. The number of rotatable bonds is 7. The zero-order valence-electron chi connectivity index (χ0n) is 14.6. The summed E-state index contributed by atoms with van der Waals surface area (Å²) in [5.41, 5.74) is 0.723. The summed E-state index contributed by atoms with van der Waals surface area (Å²) >= 11 is 1.37. The molecule has 0 aliphatic carbocycles. The highest BCUT2D eigenvalue weighted by atomic mass is 32.2. The second-order valence-electron chi connectivity index (χ2n) is 5.89. The lowest BCUT2D eigenvalue weighted by Crippen LogP contribution is -2.14. The number of nitrogens with zero attached hydrogens (tertiary/aromatic N) is 3. The average Bonchev–Trinajstić information content (AvgIpc) is 3.11. The molecule has 26 heavy (non-hydrogen) atoms. The van der Waals surface area contributed by atoms with Crippen LogP contribution in [0.4, 0.5) is 5.69 Å². The minimum Gasteiger partial charge on any atom is -0.457 e. The summed E-state index contributed by atoms with van der Waals surface area (Å²) < 4.78 is 7.67. The van der Waals surface area contributed by atoms with Crippen molar-refractivity contribution in [2.24, 2.45) is 0 Å². The summed E-state index contributed by atoms with van der Waals surface area (Å²) in [6, 6.07) is 17.1. The van der Waals surface area contributed by atoms with Gasteiger partial charge in [-0.15, -0.1) is 10.2 Å². The van der Waals surface area contributed by atoms with E-state index in [-0.39, 0.29) is 17.7 Å². The van der Waals surface area contributed by atoms with Crippen LogP contribution in [0.25, 0.3) is 0 Å². The van der Waals surface area contributed by atoms with Gasteiger partial charge in [-0.25, -0.2) is 0 Å². The normalized spacial score (nSPS) is 10.7. The molecule has 6 nitrogen and oxygen atoms in total. The van der Waals surface area contributed by atoms with E-state index in [1.807, 2.05) is 73.0 Å². The zero-order chi connectivity index (χ0) is 18.4. The van der Waals surface area contributed by atoms with Gasteiger partial charge in [0, 0.05) is 11.7 Å². The Kier molecular flexibility index (Phi) is 5.91. The van der Waals surface area contributed by atoms with Crippen molar-refractivity contribution in [1.29, 1.82) is 0 Å². The summed E-state index contributed by atoms with van der Waals surface area (Å²) in [6.07, 6.45) is 1.68. The highest BCUT2D eigenvalue weighted by Gasteiger charge is 2.11. The fraction of sp³-hybridized carbons (Fsp3) is 0.211. The van der Waals surface area contributed by atoms with Gasteiger partial charge in [-0.3, -0.25) is 4.79 Å². The van der Waals surface area contributed by atoms with Crippen molar-refractivity contribution in [3.63, 3.8) is 0 Å². The van der Waals surface area contributed by atoms with Gasteiger partial charge in [0.2, 0.25) is 5.91 Å². The van der Waals surface area contributed by atoms with E-state index in [0.29, 0.717) is 5.75 Å². The number of hydrogen-bond donors (Lipinski definition) is 1. The van der Waals surface area contributed by atoms with Gasteiger partial charge >= 0.3 is 0 Å². The van der Waals surface area contributed by atoms with Crippen molar-refractivity contribution in [3.8, 4) is 11.5 Å². The Morgan fingerprint density at radius 3 is 2.50 bits per heavy atom. The van der Waals surface area contributed by atoms with Crippen molar-refractivity contribution < 1.29 is 9.53 Å². The lowest BCUT2D eigenvalue weighted by molar-refractivity contribution is -0.113. The van der Waals surface area contributed by atoms with E-state index in [9.17, 15) is 4.79 Å². The third-order valence-electron chi connectivity index (χ3n) is 3.55. The van der Waals surface area contributed by atoms with Crippen LogP contribution in [0.1, 0.15) is 19.9 Å². The molecule has 0 aliphatic heterocycles. The van der Waals surface area contributed by atoms with Crippen molar-refractivity contribution in [2.75, 3.05) is 11.1 Å². The van der Waals surface area contributed by atoms with Crippen molar-refractivity contribution in [2.45, 2.75) is 25.0 Å². The number of carbonyl (C=O) groups excluding carboxylic acids is 1. The minimum absolute atomic E-state index is 0.0926. The van der Waals surface area contributed by atoms with Gasteiger partial charge in [-0.05, 0) is 50.2 Å². The molecule has 0 atom stereocenters. The van der Waals surface area contributed by atoms with E-state index in [2.05, 4.69) is 15.5 Å². The van der Waals surface area contributed by atoms with Crippen LogP contribution in [0.3, 0.4) is 0 Å². The number of carbonyl (C=O) groups is 1. The number of amides is 1. The Balaban J connectivity index is 1.52. The lowest BCUT2D eigenvalue weighted by Gasteiger charge is -2.10. The van der Waals surface area contributed by atoms with Crippen LogP contribution < -0.4 is 10.1 Å². The molecule has 3 rings (SSSR count). The second kappa shape index (κ2) is 8.53. The predicted octanol–water partition coefficient (Wildman–Crippen LogP) is 4.38. The summed E-state index contributed by atoms with van der Waals surface area (Å²) in [6.45, 7) is 4.10. The molecule has 0 radical (unpaired) electrons. The first-order valence-corrected chi connectivity index (χ1v) is 9.25. The maximum Gasteiger partial charge on any atom is 0.234 e. The zero-order valence-corrected chi connectivity index (χ0v) is 15.4. The van der Waals surface area contributed by atoms with Gasteiger partial charge < -0.3 is 14.6 Å². The molecule has 0 bridgehead atoms. The van der Waals surface area contributed by atoms with E-state index < -0.39 is 0 Å². The number of benzene rings is 2. The molecule has 0 fully saturated rings. The van der Waals surface area contributed by atoms with E-state index >= 15 is 0 Å². The van der Waals surface area contributed by atoms with Crippen molar-refractivity contribution >= 4 is 23.4 Å². The van der Waals surface area contributed by atoms with Crippen LogP contribution in [0, 0.1) is 0 Å². The standard InChI is InChI=1S/C19H20N4O2S/c1-14(2)23-13-20-22-19(23)26-12-18(24)21-15-8-10-17(11-9-15)25-16-6-4-3-5-7-16/h3-11,13-14H,12H2,1-2H3,(H,21,24). The number of aromatic nitrogens is 3. The van der Waals surface area contributed by atoms with Crippen LogP contribution in [0.5, 0.6) is 11.5 Å². The molecule has 1 heterocycles. The third-order valence-corrected chi connectivity index (χ3v) is 4.50. The fourth-order valence-corrected chi connectivity index (χ4v) is 3.09. The molecular weight excluding hydrogens is 348 g/mol. The number of para-hydroxylation sites is 1. The monoisotopic (exact) mass is 368 g/mol. The van der Waals surface area contributed by atoms with Crippen molar-refractivity contribution in [3.05, 3.63) is 60.9 Å². The summed E-state index contributed by atoms with van der Waals surface area (Å²) in [7, 11) is 0. The molecular formula is C19H20N4O2S. The van der Waals surface area contributed by atoms with E-state index in [0.717, 1.165) is 16.6 Å². The summed E-state index contributed by atoms with van der Waals surface area (Å²) in [4.78, 5) is 12.1. The molecule has 1 aromatic heterocycles. The Labute approximate surface area is 156 Å². The molecule has 7 heteroatoms. The Morgan fingerprint density at radius 2 is 1.81 bits per heavy atom. The maximum absolute atomic E-state index is 12.1. The molecule has 1 N–H and O–H groups in total. The highest BCUT2D eigenvalue weighted by molar-refractivity contribution is 7.99. The Morgan fingerprint density at radius 1 is 1.12 bits per heavy atom. The molecule has 0 spiro atoms. The number of nitrogens with one attached hydrogen (secondary N) is 1. The van der Waals surface area contributed by atoms with Crippen LogP contribution in [-0.2, 0) is 4.79 Å². The largest absolute Gasteiger partial charge is 0.457 e. The average molecular weight is 368 g/mol. The molecule has 134 valence electrons. The molecule has 0 unspecified atom stereocenters. The fourth-order valence-electron chi connectivity index (χ4n) is 2.25. The van der Waals surface area contributed by atoms with E-state index in [1.54, 1.807) is 6.33 Å². The molecule has 1 amide bonds.